The zero-order valence-corrected chi connectivity index (χ0v) is 11.7. The van der Waals surface area contributed by atoms with Gasteiger partial charge in [0.2, 0.25) is 0 Å². The molecule has 0 aliphatic heterocycles. The minimum atomic E-state index is -1.36. The van der Waals surface area contributed by atoms with Gasteiger partial charge >= 0.3 is 0 Å². The Morgan fingerprint density at radius 3 is 2.72 bits per heavy atom. The molecule has 3 atom stereocenters. The summed E-state index contributed by atoms with van der Waals surface area (Å²) in [5.41, 5.74) is 6.21. The van der Waals surface area contributed by atoms with Gasteiger partial charge in [-0.25, -0.2) is 4.39 Å². The van der Waals surface area contributed by atoms with E-state index in [4.69, 9.17) is 5.73 Å². The van der Waals surface area contributed by atoms with Crippen molar-refractivity contribution >= 4 is 10.8 Å². The van der Waals surface area contributed by atoms with Gasteiger partial charge in [0, 0.05) is 6.04 Å². The predicted octanol–water partition coefficient (Wildman–Crippen LogP) is 2.84. The van der Waals surface area contributed by atoms with Gasteiger partial charge in [0.25, 0.3) is 0 Å². The van der Waals surface area contributed by atoms with E-state index < -0.39 is 16.6 Å². The Morgan fingerprint density at radius 2 is 2.06 bits per heavy atom. The number of nitrogens with two attached hydrogens (primary N) is 1. The fourth-order valence-electron chi connectivity index (χ4n) is 2.62. The second kappa shape index (κ2) is 5.10. The van der Waals surface area contributed by atoms with Gasteiger partial charge in [0.1, 0.15) is 5.82 Å². The first-order valence-corrected chi connectivity index (χ1v) is 7.55. The summed E-state index contributed by atoms with van der Waals surface area (Å²) in [4.78, 5) is 0.288. The zero-order valence-electron chi connectivity index (χ0n) is 10.9. The van der Waals surface area contributed by atoms with Crippen molar-refractivity contribution in [2.24, 2.45) is 11.1 Å². The third-order valence-corrected chi connectivity index (χ3v) is 5.78. The van der Waals surface area contributed by atoms with E-state index in [2.05, 4.69) is 13.8 Å². The molecule has 0 aromatic heterocycles. The summed E-state index contributed by atoms with van der Waals surface area (Å²) >= 11 is 0. The minimum absolute atomic E-state index is 0.0240. The molecule has 18 heavy (non-hydrogen) atoms. The van der Waals surface area contributed by atoms with E-state index >= 15 is 0 Å². The number of halogens is 1. The lowest BCUT2D eigenvalue weighted by Crippen LogP contribution is -2.51. The highest BCUT2D eigenvalue weighted by molar-refractivity contribution is 7.85. The van der Waals surface area contributed by atoms with Crippen LogP contribution in [0.15, 0.2) is 29.2 Å². The summed E-state index contributed by atoms with van der Waals surface area (Å²) in [7, 11) is -1.36. The van der Waals surface area contributed by atoms with Gasteiger partial charge in [0.05, 0.1) is 20.9 Å². The fraction of sp³-hybridized carbons (Fsp3) is 0.571. The summed E-state index contributed by atoms with van der Waals surface area (Å²) in [5, 5.41) is -0.148. The number of hydrogen-bond donors (Lipinski definition) is 1. The molecule has 1 aliphatic rings. The van der Waals surface area contributed by atoms with Crippen molar-refractivity contribution in [3.8, 4) is 0 Å². The molecule has 1 aliphatic carbocycles. The summed E-state index contributed by atoms with van der Waals surface area (Å²) in [6, 6.07) is 6.13. The summed E-state index contributed by atoms with van der Waals surface area (Å²) < 4.78 is 26.2. The normalized spacial score (nSPS) is 28.9. The Hall–Kier alpha value is -0.740. The highest BCUT2D eigenvalue weighted by Crippen LogP contribution is 2.37. The van der Waals surface area contributed by atoms with Gasteiger partial charge in [-0.05, 0) is 30.4 Å². The number of benzene rings is 1. The smallest absolute Gasteiger partial charge is 0.139 e. The summed E-state index contributed by atoms with van der Waals surface area (Å²) in [6.07, 6.45) is 2.86. The minimum Gasteiger partial charge on any atom is -0.326 e. The van der Waals surface area contributed by atoms with Gasteiger partial charge in [-0.1, -0.05) is 32.4 Å². The van der Waals surface area contributed by atoms with Crippen LogP contribution in [-0.4, -0.2) is 15.5 Å². The Bertz CT molecular complexity index is 461. The number of hydrogen-bond acceptors (Lipinski definition) is 2. The summed E-state index contributed by atoms with van der Waals surface area (Å²) in [6.45, 7) is 4.20. The number of rotatable bonds is 2. The molecule has 0 bridgehead atoms. The van der Waals surface area contributed by atoms with Crippen LogP contribution in [0.3, 0.4) is 0 Å². The first-order chi connectivity index (χ1) is 8.43. The second-order valence-corrected chi connectivity index (χ2v) is 7.31. The summed E-state index contributed by atoms with van der Waals surface area (Å²) in [5.74, 6) is -0.397. The maximum Gasteiger partial charge on any atom is 0.139 e. The highest BCUT2D eigenvalue weighted by atomic mass is 32.2. The molecule has 0 spiro atoms. The first kappa shape index (κ1) is 13.7. The van der Waals surface area contributed by atoms with Crippen LogP contribution in [0.1, 0.15) is 33.1 Å². The predicted molar refractivity (Wildman–Crippen MR) is 72.2 cm³/mol. The monoisotopic (exact) mass is 269 g/mol. The average Bonchev–Trinajstić information content (AvgIpc) is 2.32. The molecular weight excluding hydrogens is 249 g/mol. The molecule has 1 aromatic carbocycles. The lowest BCUT2D eigenvalue weighted by atomic mass is 9.73. The van der Waals surface area contributed by atoms with E-state index in [0.29, 0.717) is 0 Å². The lowest BCUT2D eigenvalue weighted by molar-refractivity contribution is 0.206. The molecule has 0 saturated heterocycles. The van der Waals surface area contributed by atoms with Gasteiger partial charge in [-0.2, -0.15) is 0 Å². The van der Waals surface area contributed by atoms with Crippen molar-refractivity contribution < 1.29 is 8.60 Å². The van der Waals surface area contributed by atoms with Gasteiger partial charge in [-0.15, -0.1) is 0 Å². The maximum absolute atomic E-state index is 13.7. The van der Waals surface area contributed by atoms with Crippen LogP contribution in [-0.2, 0) is 10.8 Å². The third kappa shape index (κ3) is 2.50. The molecule has 100 valence electrons. The van der Waals surface area contributed by atoms with Gasteiger partial charge in [-0.3, -0.25) is 4.21 Å². The lowest BCUT2D eigenvalue weighted by Gasteiger charge is -2.41. The molecule has 1 aromatic rings. The fourth-order valence-corrected chi connectivity index (χ4v) is 4.43. The van der Waals surface area contributed by atoms with Crippen molar-refractivity contribution in [1.82, 2.24) is 0 Å². The maximum atomic E-state index is 13.7. The Morgan fingerprint density at radius 1 is 1.39 bits per heavy atom. The van der Waals surface area contributed by atoms with Crippen LogP contribution < -0.4 is 5.73 Å². The quantitative estimate of drug-likeness (QED) is 0.897. The van der Waals surface area contributed by atoms with Gasteiger partial charge < -0.3 is 5.73 Å². The highest BCUT2D eigenvalue weighted by Gasteiger charge is 2.40. The van der Waals surface area contributed by atoms with Crippen LogP contribution in [0.25, 0.3) is 0 Å². The van der Waals surface area contributed by atoms with Crippen LogP contribution in [0.5, 0.6) is 0 Å². The average molecular weight is 269 g/mol. The Balaban J connectivity index is 2.27. The van der Waals surface area contributed by atoms with E-state index in [0.717, 1.165) is 19.3 Å². The Labute approximate surface area is 110 Å². The SMILES string of the molecule is CC1(C)CCCC(S(=O)c2ccccc2F)C1N. The zero-order chi connectivity index (χ0) is 13.3. The topological polar surface area (TPSA) is 43.1 Å². The van der Waals surface area contributed by atoms with E-state index in [-0.39, 0.29) is 21.6 Å². The Kier molecular flexibility index (Phi) is 3.87. The van der Waals surface area contributed by atoms with Crippen molar-refractivity contribution in [3.05, 3.63) is 30.1 Å². The molecule has 2 N–H and O–H groups in total. The van der Waals surface area contributed by atoms with Crippen molar-refractivity contribution in [1.29, 1.82) is 0 Å². The standard InChI is InChI=1S/C14H20FNOS/c1-14(2)9-5-8-12(13(14)16)18(17)11-7-4-3-6-10(11)15/h3-4,6-7,12-13H,5,8-9,16H2,1-2H3. The largest absolute Gasteiger partial charge is 0.326 e. The van der Waals surface area contributed by atoms with E-state index in [1.54, 1.807) is 18.2 Å². The van der Waals surface area contributed by atoms with E-state index in [1.165, 1.54) is 6.07 Å². The molecule has 0 amide bonds. The molecule has 1 fully saturated rings. The van der Waals surface area contributed by atoms with E-state index in [1.807, 2.05) is 0 Å². The van der Waals surface area contributed by atoms with Crippen molar-refractivity contribution in [3.63, 3.8) is 0 Å². The molecule has 4 heteroatoms. The van der Waals surface area contributed by atoms with Crippen LogP contribution in [0, 0.1) is 11.2 Å². The van der Waals surface area contributed by atoms with E-state index in [9.17, 15) is 8.60 Å². The van der Waals surface area contributed by atoms with Crippen LogP contribution in [0.4, 0.5) is 4.39 Å². The molecule has 0 radical (unpaired) electrons. The molecule has 1 saturated carbocycles. The second-order valence-electron chi connectivity index (χ2n) is 5.67. The van der Waals surface area contributed by atoms with Crippen LogP contribution >= 0.6 is 0 Å². The molecular formula is C14H20FNOS. The third-order valence-electron chi connectivity index (χ3n) is 3.94. The molecule has 3 unspecified atom stereocenters. The van der Waals surface area contributed by atoms with Crippen molar-refractivity contribution in [2.75, 3.05) is 0 Å². The molecule has 2 nitrogen and oxygen atoms in total. The molecule has 2 rings (SSSR count). The van der Waals surface area contributed by atoms with Gasteiger partial charge in [0.15, 0.2) is 0 Å². The van der Waals surface area contributed by atoms with Crippen LogP contribution in [0.2, 0.25) is 0 Å². The first-order valence-electron chi connectivity index (χ1n) is 6.34. The van der Waals surface area contributed by atoms with Crippen molar-refractivity contribution in [2.45, 2.75) is 49.3 Å². The molecule has 0 heterocycles.